The summed E-state index contributed by atoms with van der Waals surface area (Å²) in [5, 5.41) is 0. The average molecular weight is 635 g/mol. The van der Waals surface area contributed by atoms with Crippen LogP contribution in [-0.2, 0) is 28.6 Å². The van der Waals surface area contributed by atoms with Crippen molar-refractivity contribution in [1.29, 1.82) is 0 Å². The molecule has 0 aromatic rings. The summed E-state index contributed by atoms with van der Waals surface area (Å²) < 4.78 is 16.5. The van der Waals surface area contributed by atoms with E-state index < -0.39 is 6.10 Å². The minimum Gasteiger partial charge on any atom is -0.462 e. The predicted molar refractivity (Wildman–Crippen MR) is 187 cm³/mol. The highest BCUT2D eigenvalue weighted by Crippen LogP contribution is 2.14. The van der Waals surface area contributed by atoms with Gasteiger partial charge in [0.15, 0.2) is 6.10 Å². The molecule has 0 saturated carbocycles. The maximum absolute atomic E-state index is 12.6. The lowest BCUT2D eigenvalue weighted by Gasteiger charge is -2.18. The zero-order chi connectivity index (χ0) is 33.1. The Balaban J connectivity index is 4.29. The van der Waals surface area contributed by atoms with Crippen molar-refractivity contribution in [2.45, 2.75) is 193 Å². The number of carbonyl (C=O) groups excluding carboxylic acids is 3. The fourth-order valence-electron chi connectivity index (χ4n) is 5.34. The van der Waals surface area contributed by atoms with E-state index >= 15 is 0 Å². The second-order valence-electron chi connectivity index (χ2n) is 12.7. The molecule has 0 amide bonds. The Morgan fingerprint density at radius 1 is 0.467 bits per heavy atom. The SMILES string of the molecule is C=CCCCCCCCC(=O)OCC(COC(=O)CCCCCCCC=C)OC(=O)CCCCCCCCCCCCCCC. The molecule has 0 saturated heterocycles. The van der Waals surface area contributed by atoms with Gasteiger partial charge in [-0.3, -0.25) is 14.4 Å². The highest BCUT2D eigenvalue weighted by molar-refractivity contribution is 5.71. The van der Waals surface area contributed by atoms with Gasteiger partial charge in [-0.25, -0.2) is 0 Å². The molecule has 0 aliphatic carbocycles. The first-order chi connectivity index (χ1) is 22.0. The van der Waals surface area contributed by atoms with Crippen molar-refractivity contribution in [1.82, 2.24) is 0 Å². The van der Waals surface area contributed by atoms with E-state index in [1.165, 1.54) is 64.2 Å². The summed E-state index contributed by atoms with van der Waals surface area (Å²) in [4.78, 5) is 37.2. The Labute approximate surface area is 277 Å². The van der Waals surface area contributed by atoms with Crippen LogP contribution in [0.4, 0.5) is 0 Å². The standard InChI is InChI=1S/C39H70O6/c1-4-7-10-13-16-17-18-19-20-21-24-27-30-33-39(42)45-36(34-43-37(40)31-28-25-22-14-11-8-5-2)35-44-38(41)32-29-26-23-15-12-9-6-3/h5-6,36H,2-4,7-35H2,1H3. The van der Waals surface area contributed by atoms with Crippen LogP contribution in [0.2, 0.25) is 0 Å². The molecule has 0 bridgehead atoms. The zero-order valence-corrected chi connectivity index (χ0v) is 29.3. The lowest BCUT2D eigenvalue weighted by atomic mass is 10.0. The molecule has 0 radical (unpaired) electrons. The molecule has 0 unspecified atom stereocenters. The van der Waals surface area contributed by atoms with Crippen LogP contribution in [0.1, 0.15) is 187 Å². The van der Waals surface area contributed by atoms with E-state index in [1.807, 2.05) is 12.2 Å². The Kier molecular flexibility index (Phi) is 33.1. The van der Waals surface area contributed by atoms with Gasteiger partial charge in [0.2, 0.25) is 0 Å². The highest BCUT2D eigenvalue weighted by Gasteiger charge is 2.19. The van der Waals surface area contributed by atoms with Crippen molar-refractivity contribution < 1.29 is 28.6 Å². The van der Waals surface area contributed by atoms with Crippen LogP contribution in [-0.4, -0.2) is 37.2 Å². The van der Waals surface area contributed by atoms with Gasteiger partial charge in [-0.05, 0) is 44.9 Å². The molecule has 0 aliphatic rings. The number of hydrogen-bond acceptors (Lipinski definition) is 6. The van der Waals surface area contributed by atoms with Gasteiger partial charge in [0.05, 0.1) is 0 Å². The van der Waals surface area contributed by atoms with Crippen molar-refractivity contribution in [2.75, 3.05) is 13.2 Å². The molecule has 0 aromatic heterocycles. The molecule has 0 heterocycles. The fourth-order valence-corrected chi connectivity index (χ4v) is 5.34. The van der Waals surface area contributed by atoms with Gasteiger partial charge < -0.3 is 14.2 Å². The summed E-state index contributed by atoms with van der Waals surface area (Å²) in [5.41, 5.74) is 0. The Bertz CT molecular complexity index is 680. The normalized spacial score (nSPS) is 11.0. The van der Waals surface area contributed by atoms with E-state index in [4.69, 9.17) is 14.2 Å². The molecule has 0 N–H and O–H groups in total. The largest absolute Gasteiger partial charge is 0.462 e. The molecule has 0 atom stereocenters. The number of carbonyl (C=O) groups is 3. The van der Waals surface area contributed by atoms with E-state index in [0.29, 0.717) is 19.3 Å². The molecular formula is C39H70O6. The minimum atomic E-state index is -0.773. The first-order valence-electron chi connectivity index (χ1n) is 18.8. The summed E-state index contributed by atoms with van der Waals surface area (Å²) in [6.07, 6.45) is 32.6. The van der Waals surface area contributed by atoms with Crippen LogP contribution >= 0.6 is 0 Å². The molecule has 0 fully saturated rings. The summed E-state index contributed by atoms with van der Waals surface area (Å²) in [6.45, 7) is 9.57. The molecule has 262 valence electrons. The van der Waals surface area contributed by atoms with Gasteiger partial charge >= 0.3 is 17.9 Å². The monoisotopic (exact) mass is 635 g/mol. The highest BCUT2D eigenvalue weighted by atomic mass is 16.6. The van der Waals surface area contributed by atoms with Crippen LogP contribution < -0.4 is 0 Å². The van der Waals surface area contributed by atoms with Crippen molar-refractivity contribution in [3.63, 3.8) is 0 Å². The van der Waals surface area contributed by atoms with Crippen LogP contribution in [0, 0.1) is 0 Å². The van der Waals surface area contributed by atoms with E-state index in [-0.39, 0.29) is 31.1 Å². The van der Waals surface area contributed by atoms with Crippen LogP contribution in [0.25, 0.3) is 0 Å². The van der Waals surface area contributed by atoms with Crippen LogP contribution in [0.5, 0.6) is 0 Å². The lowest BCUT2D eigenvalue weighted by molar-refractivity contribution is -0.167. The van der Waals surface area contributed by atoms with E-state index in [9.17, 15) is 14.4 Å². The summed E-state index contributed by atoms with van der Waals surface area (Å²) in [6, 6.07) is 0. The maximum atomic E-state index is 12.6. The Morgan fingerprint density at radius 3 is 1.13 bits per heavy atom. The van der Waals surface area contributed by atoms with Crippen molar-refractivity contribution in [3.05, 3.63) is 25.3 Å². The van der Waals surface area contributed by atoms with Gasteiger partial charge in [0, 0.05) is 19.3 Å². The van der Waals surface area contributed by atoms with Crippen molar-refractivity contribution in [3.8, 4) is 0 Å². The quantitative estimate of drug-likeness (QED) is 0.0299. The van der Waals surface area contributed by atoms with E-state index in [1.54, 1.807) is 0 Å². The van der Waals surface area contributed by atoms with Gasteiger partial charge in [-0.2, -0.15) is 0 Å². The Morgan fingerprint density at radius 2 is 0.778 bits per heavy atom. The molecule has 6 heteroatoms. The van der Waals surface area contributed by atoms with E-state index in [0.717, 1.165) is 96.3 Å². The molecule has 0 rings (SSSR count). The van der Waals surface area contributed by atoms with E-state index in [2.05, 4.69) is 20.1 Å². The summed E-state index contributed by atoms with van der Waals surface area (Å²) in [5.74, 6) is -0.933. The summed E-state index contributed by atoms with van der Waals surface area (Å²) >= 11 is 0. The first-order valence-corrected chi connectivity index (χ1v) is 18.8. The number of unbranched alkanes of at least 4 members (excludes halogenated alkanes) is 22. The third kappa shape index (κ3) is 33.1. The van der Waals surface area contributed by atoms with Crippen LogP contribution in [0.15, 0.2) is 25.3 Å². The number of ether oxygens (including phenoxy) is 3. The van der Waals surface area contributed by atoms with Gasteiger partial charge in [0.25, 0.3) is 0 Å². The number of esters is 3. The minimum absolute atomic E-state index is 0.0842. The number of rotatable bonds is 35. The topological polar surface area (TPSA) is 78.9 Å². The number of hydrogen-bond donors (Lipinski definition) is 0. The molecule has 0 spiro atoms. The van der Waals surface area contributed by atoms with Gasteiger partial charge in [-0.15, -0.1) is 13.2 Å². The molecule has 0 aliphatic heterocycles. The maximum Gasteiger partial charge on any atom is 0.306 e. The van der Waals surface area contributed by atoms with Crippen molar-refractivity contribution >= 4 is 17.9 Å². The third-order valence-corrected chi connectivity index (χ3v) is 8.22. The Hall–Kier alpha value is -2.11. The molecule has 0 aromatic carbocycles. The molecular weight excluding hydrogens is 564 g/mol. The first kappa shape index (κ1) is 42.9. The number of allylic oxidation sites excluding steroid dienone is 2. The molecule has 6 nitrogen and oxygen atoms in total. The summed E-state index contributed by atoms with van der Waals surface area (Å²) in [7, 11) is 0. The van der Waals surface area contributed by atoms with Gasteiger partial charge in [-0.1, -0.05) is 135 Å². The lowest BCUT2D eigenvalue weighted by Crippen LogP contribution is -2.30. The predicted octanol–water partition coefficient (Wildman–Crippen LogP) is 11.3. The second-order valence-corrected chi connectivity index (χ2v) is 12.7. The second kappa shape index (κ2) is 34.8. The van der Waals surface area contributed by atoms with Gasteiger partial charge in [0.1, 0.15) is 13.2 Å². The fraction of sp³-hybridized carbons (Fsp3) is 0.821. The molecule has 45 heavy (non-hydrogen) atoms. The average Bonchev–Trinajstić information content (AvgIpc) is 3.03. The van der Waals surface area contributed by atoms with Crippen molar-refractivity contribution in [2.24, 2.45) is 0 Å². The third-order valence-electron chi connectivity index (χ3n) is 8.22. The smallest absolute Gasteiger partial charge is 0.306 e. The zero-order valence-electron chi connectivity index (χ0n) is 29.3. The van der Waals surface area contributed by atoms with Crippen LogP contribution in [0.3, 0.4) is 0 Å².